The number of likely N-dealkylation sites (tertiary alicyclic amines) is 1. The third-order valence-corrected chi connectivity index (χ3v) is 7.97. The third-order valence-electron chi connectivity index (χ3n) is 7.97. The molecule has 42 heavy (non-hydrogen) atoms. The van der Waals surface area contributed by atoms with Gasteiger partial charge >= 0.3 is 0 Å². The second-order valence-corrected chi connectivity index (χ2v) is 11.1. The van der Waals surface area contributed by atoms with Crippen molar-refractivity contribution in [1.82, 2.24) is 29.7 Å². The molecule has 0 atom stereocenters. The highest BCUT2D eigenvalue weighted by molar-refractivity contribution is 6.02. The topological polar surface area (TPSA) is 105 Å². The molecule has 216 valence electrons. The summed E-state index contributed by atoms with van der Waals surface area (Å²) in [6.07, 6.45) is 8.72. The lowest BCUT2D eigenvalue weighted by molar-refractivity contribution is -0.131. The van der Waals surface area contributed by atoms with Gasteiger partial charge in [0.05, 0.1) is 12.7 Å². The maximum absolute atomic E-state index is 13.0. The van der Waals surface area contributed by atoms with Crippen LogP contribution in [-0.4, -0.2) is 87.7 Å². The molecule has 2 aliphatic heterocycles. The molecule has 1 fully saturated rings. The number of furan rings is 1. The molecule has 4 aromatic rings. The summed E-state index contributed by atoms with van der Waals surface area (Å²) in [7, 11) is 3.39. The van der Waals surface area contributed by atoms with E-state index < -0.39 is 0 Å². The Kier molecular flexibility index (Phi) is 7.60. The molecule has 0 saturated carbocycles. The van der Waals surface area contributed by atoms with Crippen molar-refractivity contribution in [2.24, 2.45) is 0 Å². The van der Waals surface area contributed by atoms with E-state index in [-0.39, 0.29) is 23.5 Å². The summed E-state index contributed by atoms with van der Waals surface area (Å²) in [6, 6.07) is 13.5. The van der Waals surface area contributed by atoms with Gasteiger partial charge < -0.3 is 19.1 Å². The molecule has 0 spiro atoms. The van der Waals surface area contributed by atoms with Crippen LogP contribution >= 0.6 is 0 Å². The number of carbonyl (C=O) groups is 3. The highest BCUT2D eigenvalue weighted by Gasteiger charge is 2.23. The molecule has 4 heterocycles. The number of aromatic nitrogens is 3. The van der Waals surface area contributed by atoms with Gasteiger partial charge in [-0.25, -0.2) is 0 Å². The first-order valence-electron chi connectivity index (χ1n) is 14.4. The van der Waals surface area contributed by atoms with Crippen molar-refractivity contribution in [1.29, 1.82) is 0 Å². The quantitative estimate of drug-likeness (QED) is 0.330. The summed E-state index contributed by atoms with van der Waals surface area (Å²) in [5, 5.41) is 8.56. The van der Waals surface area contributed by atoms with Crippen molar-refractivity contribution < 1.29 is 18.8 Å². The Morgan fingerprint density at radius 2 is 1.74 bits per heavy atom. The first-order valence-corrected chi connectivity index (χ1v) is 14.4. The molecule has 0 unspecified atom stereocenters. The van der Waals surface area contributed by atoms with Crippen LogP contribution in [0.1, 0.15) is 52.2 Å². The van der Waals surface area contributed by atoms with Crippen molar-refractivity contribution in [3.05, 3.63) is 77.8 Å². The van der Waals surface area contributed by atoms with Crippen LogP contribution in [0.25, 0.3) is 27.7 Å². The number of benzene rings is 2. The van der Waals surface area contributed by atoms with Gasteiger partial charge in [0.1, 0.15) is 5.58 Å². The molecular formula is C32H34N6O4. The van der Waals surface area contributed by atoms with Crippen molar-refractivity contribution >= 4 is 34.3 Å². The Morgan fingerprint density at radius 3 is 2.45 bits per heavy atom. The normalized spacial score (nSPS) is 15.2. The number of hydrogen-bond acceptors (Lipinski definition) is 6. The van der Waals surface area contributed by atoms with E-state index in [9.17, 15) is 14.4 Å². The van der Waals surface area contributed by atoms with Crippen molar-refractivity contribution in [3.8, 4) is 11.1 Å². The highest BCUT2D eigenvalue weighted by atomic mass is 16.3. The monoisotopic (exact) mass is 566 g/mol. The van der Waals surface area contributed by atoms with E-state index in [1.165, 1.54) is 4.90 Å². The van der Waals surface area contributed by atoms with Gasteiger partial charge in [-0.3, -0.25) is 19.1 Å². The van der Waals surface area contributed by atoms with Crippen LogP contribution in [0.4, 0.5) is 0 Å². The fourth-order valence-corrected chi connectivity index (χ4v) is 5.66. The molecule has 2 aromatic heterocycles. The number of nitrogens with zero attached hydrogens (tertiary/aromatic N) is 6. The molecule has 0 bridgehead atoms. The maximum atomic E-state index is 13.0. The first kappa shape index (κ1) is 27.4. The predicted molar refractivity (Wildman–Crippen MR) is 159 cm³/mol. The number of rotatable bonds is 7. The van der Waals surface area contributed by atoms with Crippen molar-refractivity contribution in [2.75, 3.05) is 40.3 Å². The fourth-order valence-electron chi connectivity index (χ4n) is 5.66. The lowest BCUT2D eigenvalue weighted by atomic mass is 9.94. The number of hydrogen-bond donors (Lipinski definition) is 0. The van der Waals surface area contributed by atoms with E-state index in [0.29, 0.717) is 37.2 Å². The standard InChI is InChI=1S/C32H34N6O4/c1-35(2)32(41)28-20-26-18-25(24-6-5-15-37(21-24)29(39)11-16-38-17-12-33-34-38)19-27(30(26)42-28)22-7-9-23(10-8-22)31(40)36-13-3-4-14-36/h6-10,12,17-20H,3-5,11,13-16,21H2,1-2H3. The smallest absolute Gasteiger partial charge is 0.289 e. The number of carbonyl (C=O) groups excluding carboxylic acids is 3. The second-order valence-electron chi connectivity index (χ2n) is 11.1. The lowest BCUT2D eigenvalue weighted by Crippen LogP contribution is -2.35. The van der Waals surface area contributed by atoms with Crippen LogP contribution in [0, 0.1) is 0 Å². The SMILES string of the molecule is CN(C)C(=O)c1cc2cc(C3=CCCN(C(=O)CCn4ccnn4)C3)cc(-c3ccc(C(=O)N4CCCC4)cc3)c2o1. The Hall–Kier alpha value is -4.73. The van der Waals surface area contributed by atoms with Crippen molar-refractivity contribution in [2.45, 2.75) is 32.2 Å². The Bertz CT molecular complexity index is 1650. The second kappa shape index (κ2) is 11.6. The minimum atomic E-state index is -0.216. The van der Waals surface area contributed by atoms with Crippen LogP contribution in [0.15, 0.2) is 65.4 Å². The number of amides is 3. The summed E-state index contributed by atoms with van der Waals surface area (Å²) in [5.74, 6) is 0.164. The zero-order valence-electron chi connectivity index (χ0n) is 24.0. The van der Waals surface area contributed by atoms with Gasteiger partial charge in [0.25, 0.3) is 11.8 Å². The van der Waals surface area contributed by atoms with Gasteiger partial charge in [0, 0.05) is 69.4 Å². The molecule has 2 aromatic carbocycles. The lowest BCUT2D eigenvalue weighted by Gasteiger charge is -2.28. The number of aryl methyl sites for hydroxylation is 1. The van der Waals surface area contributed by atoms with Crippen LogP contribution < -0.4 is 0 Å². The molecule has 10 heteroatoms. The van der Waals surface area contributed by atoms with E-state index in [4.69, 9.17) is 4.42 Å². The van der Waals surface area contributed by atoms with E-state index in [2.05, 4.69) is 22.5 Å². The van der Waals surface area contributed by atoms with Gasteiger partial charge in [0.2, 0.25) is 5.91 Å². The summed E-state index contributed by atoms with van der Waals surface area (Å²) >= 11 is 0. The van der Waals surface area contributed by atoms with Gasteiger partial charge in [0.15, 0.2) is 5.76 Å². The molecule has 0 N–H and O–H groups in total. The zero-order valence-corrected chi connectivity index (χ0v) is 24.0. The van der Waals surface area contributed by atoms with Gasteiger partial charge in [-0.15, -0.1) is 5.10 Å². The Balaban J connectivity index is 1.31. The molecule has 10 nitrogen and oxygen atoms in total. The summed E-state index contributed by atoms with van der Waals surface area (Å²) in [5.41, 5.74) is 4.99. The van der Waals surface area contributed by atoms with Crippen LogP contribution in [0.3, 0.4) is 0 Å². The van der Waals surface area contributed by atoms with E-state index in [1.54, 1.807) is 37.2 Å². The third kappa shape index (κ3) is 5.57. The average molecular weight is 567 g/mol. The molecule has 1 saturated heterocycles. The van der Waals surface area contributed by atoms with Crippen LogP contribution in [0.2, 0.25) is 0 Å². The molecule has 0 radical (unpaired) electrons. The number of fused-ring (bicyclic) bond motifs is 1. The minimum absolute atomic E-state index is 0.0516. The summed E-state index contributed by atoms with van der Waals surface area (Å²) < 4.78 is 7.80. The van der Waals surface area contributed by atoms with Gasteiger partial charge in [-0.05, 0) is 66.3 Å². The Labute approximate surface area is 244 Å². The Morgan fingerprint density at radius 1 is 0.952 bits per heavy atom. The average Bonchev–Trinajstić information content (AvgIpc) is 3.81. The largest absolute Gasteiger partial charge is 0.450 e. The molecule has 3 amide bonds. The maximum Gasteiger partial charge on any atom is 0.289 e. The minimum Gasteiger partial charge on any atom is -0.450 e. The van der Waals surface area contributed by atoms with Crippen LogP contribution in [0.5, 0.6) is 0 Å². The zero-order chi connectivity index (χ0) is 29.2. The van der Waals surface area contributed by atoms with E-state index in [0.717, 1.165) is 60.0 Å². The fraction of sp³-hybridized carbons (Fsp3) is 0.344. The van der Waals surface area contributed by atoms with Crippen LogP contribution in [-0.2, 0) is 11.3 Å². The molecule has 2 aliphatic rings. The van der Waals surface area contributed by atoms with Gasteiger partial charge in [-0.2, -0.15) is 0 Å². The van der Waals surface area contributed by atoms with E-state index in [1.807, 2.05) is 40.1 Å². The van der Waals surface area contributed by atoms with Gasteiger partial charge in [-0.1, -0.05) is 23.4 Å². The molecular weight excluding hydrogens is 532 g/mol. The van der Waals surface area contributed by atoms with E-state index >= 15 is 0 Å². The highest BCUT2D eigenvalue weighted by Crippen LogP contribution is 2.36. The molecule has 0 aliphatic carbocycles. The summed E-state index contributed by atoms with van der Waals surface area (Å²) in [6.45, 7) is 3.24. The summed E-state index contributed by atoms with van der Waals surface area (Å²) in [4.78, 5) is 44.0. The first-order chi connectivity index (χ1) is 20.4. The predicted octanol–water partition coefficient (Wildman–Crippen LogP) is 4.34. The molecule has 6 rings (SSSR count). The van der Waals surface area contributed by atoms with Crippen molar-refractivity contribution in [3.63, 3.8) is 0 Å².